The number of likely N-dealkylation sites (tertiary alicyclic amines) is 1. The van der Waals surface area contributed by atoms with E-state index in [-0.39, 0.29) is 23.2 Å². The van der Waals surface area contributed by atoms with Crippen molar-refractivity contribution >= 4 is 11.6 Å². The van der Waals surface area contributed by atoms with E-state index in [2.05, 4.69) is 11.9 Å². The molecule has 4 rings (SSSR count). The Balaban J connectivity index is 1.81. The molecule has 0 aromatic carbocycles. The van der Waals surface area contributed by atoms with Crippen LogP contribution in [0.4, 0.5) is 0 Å². The Kier molecular flexibility index (Phi) is 4.17. The average Bonchev–Trinajstić information content (AvgIpc) is 3.35. The standard InChI is InChI=1S/C20H24N4O3/c1-5-14-7-6-8-24(14)19(25)16-10-23-11-17(15-9-12(2)27-13(15)3)22(4)20(26)18(23)21-16/h9-11,14H,5-8H2,1-4H3/t14-/m0/s1. The largest absolute Gasteiger partial charge is 0.466 e. The van der Waals surface area contributed by atoms with Crippen molar-refractivity contribution in [1.82, 2.24) is 18.9 Å². The number of aromatic nitrogens is 3. The maximum Gasteiger partial charge on any atom is 0.294 e. The van der Waals surface area contributed by atoms with Gasteiger partial charge in [0.25, 0.3) is 11.5 Å². The molecule has 0 unspecified atom stereocenters. The number of furan rings is 1. The molecule has 1 aliphatic rings. The van der Waals surface area contributed by atoms with E-state index in [1.807, 2.05) is 31.0 Å². The molecule has 0 spiro atoms. The van der Waals surface area contributed by atoms with Gasteiger partial charge >= 0.3 is 0 Å². The van der Waals surface area contributed by atoms with Crippen molar-refractivity contribution < 1.29 is 9.21 Å². The predicted octanol–water partition coefficient (Wildman–Crippen LogP) is 2.92. The Morgan fingerprint density at radius 1 is 1.33 bits per heavy atom. The molecule has 3 aromatic rings. The number of amides is 1. The molecule has 1 aliphatic heterocycles. The van der Waals surface area contributed by atoms with Crippen molar-refractivity contribution in [2.75, 3.05) is 6.54 Å². The van der Waals surface area contributed by atoms with Crippen molar-refractivity contribution in [3.05, 3.63) is 46.0 Å². The topological polar surface area (TPSA) is 72.8 Å². The van der Waals surface area contributed by atoms with Crippen LogP contribution in [0.15, 0.2) is 27.7 Å². The molecule has 142 valence electrons. The number of carbonyl (C=O) groups excluding carboxylic acids is 1. The summed E-state index contributed by atoms with van der Waals surface area (Å²) < 4.78 is 8.82. The summed E-state index contributed by atoms with van der Waals surface area (Å²) in [5.74, 6) is 1.44. The molecule has 1 fully saturated rings. The molecule has 0 bridgehead atoms. The fraction of sp³-hybridized carbons (Fsp3) is 0.450. The van der Waals surface area contributed by atoms with Crippen LogP contribution in [-0.2, 0) is 7.05 Å². The van der Waals surface area contributed by atoms with Crippen LogP contribution in [0.2, 0.25) is 0 Å². The minimum absolute atomic E-state index is 0.0954. The van der Waals surface area contributed by atoms with Crippen LogP contribution in [-0.4, -0.2) is 37.3 Å². The fourth-order valence-electron chi connectivity index (χ4n) is 4.04. The van der Waals surface area contributed by atoms with Crippen molar-refractivity contribution in [2.45, 2.75) is 46.1 Å². The second-order valence-electron chi connectivity index (χ2n) is 7.27. The second kappa shape index (κ2) is 6.40. The first-order valence-corrected chi connectivity index (χ1v) is 9.37. The normalized spacial score (nSPS) is 17.2. The van der Waals surface area contributed by atoms with Crippen molar-refractivity contribution in [1.29, 1.82) is 0 Å². The van der Waals surface area contributed by atoms with Gasteiger partial charge in [-0.05, 0) is 39.2 Å². The van der Waals surface area contributed by atoms with Crippen molar-refractivity contribution in [3.63, 3.8) is 0 Å². The number of hydrogen-bond donors (Lipinski definition) is 0. The molecule has 0 radical (unpaired) electrons. The highest BCUT2D eigenvalue weighted by atomic mass is 16.3. The first-order chi connectivity index (χ1) is 12.9. The molecule has 4 heterocycles. The molecule has 1 atom stereocenters. The molecule has 1 saturated heterocycles. The van der Waals surface area contributed by atoms with E-state index in [1.165, 1.54) is 0 Å². The SMILES string of the molecule is CC[C@H]1CCCN1C(=O)c1cn2cc(-c3cc(C)oc3C)n(C)c(=O)c2n1. The molecule has 0 aliphatic carbocycles. The lowest BCUT2D eigenvalue weighted by Gasteiger charge is -2.22. The van der Waals surface area contributed by atoms with Gasteiger partial charge in [0.15, 0.2) is 0 Å². The molecule has 27 heavy (non-hydrogen) atoms. The lowest BCUT2D eigenvalue weighted by molar-refractivity contribution is 0.0728. The van der Waals surface area contributed by atoms with Crippen LogP contribution in [0.1, 0.15) is 48.2 Å². The second-order valence-corrected chi connectivity index (χ2v) is 7.27. The molecule has 1 amide bonds. The van der Waals surface area contributed by atoms with Crippen molar-refractivity contribution in [2.24, 2.45) is 7.05 Å². The first-order valence-electron chi connectivity index (χ1n) is 9.37. The lowest BCUT2D eigenvalue weighted by atomic mass is 10.1. The van der Waals surface area contributed by atoms with Gasteiger partial charge in [-0.2, -0.15) is 0 Å². The maximum absolute atomic E-state index is 12.9. The van der Waals surface area contributed by atoms with E-state index in [1.54, 1.807) is 22.2 Å². The van der Waals surface area contributed by atoms with Crippen molar-refractivity contribution in [3.8, 4) is 11.3 Å². The molecule has 0 N–H and O–H groups in total. The number of imidazole rings is 1. The minimum atomic E-state index is -0.238. The van der Waals surface area contributed by atoms with Crippen LogP contribution >= 0.6 is 0 Å². The van der Waals surface area contributed by atoms with E-state index < -0.39 is 0 Å². The van der Waals surface area contributed by atoms with Crippen LogP contribution in [0, 0.1) is 13.8 Å². The summed E-state index contributed by atoms with van der Waals surface area (Å²) in [6, 6.07) is 2.17. The molecular formula is C20H24N4O3. The van der Waals surface area contributed by atoms with Crippen LogP contribution in [0.25, 0.3) is 16.9 Å². The quantitative estimate of drug-likeness (QED) is 0.712. The zero-order chi connectivity index (χ0) is 19.3. The summed E-state index contributed by atoms with van der Waals surface area (Å²) in [5, 5.41) is 0. The number of hydrogen-bond acceptors (Lipinski definition) is 4. The summed E-state index contributed by atoms with van der Waals surface area (Å²) in [6.07, 6.45) is 6.47. The summed E-state index contributed by atoms with van der Waals surface area (Å²) in [6.45, 7) is 6.60. The third-order valence-electron chi connectivity index (χ3n) is 5.50. The van der Waals surface area contributed by atoms with Gasteiger partial charge in [-0.1, -0.05) is 6.92 Å². The first kappa shape index (κ1) is 17.6. The van der Waals surface area contributed by atoms with Crippen LogP contribution in [0.3, 0.4) is 0 Å². The highest BCUT2D eigenvalue weighted by molar-refractivity contribution is 5.93. The number of fused-ring (bicyclic) bond motifs is 1. The Morgan fingerprint density at radius 3 is 2.78 bits per heavy atom. The monoisotopic (exact) mass is 368 g/mol. The van der Waals surface area contributed by atoms with E-state index >= 15 is 0 Å². The van der Waals surface area contributed by atoms with Gasteiger partial charge in [0.1, 0.15) is 17.2 Å². The van der Waals surface area contributed by atoms with Gasteiger partial charge in [-0.3, -0.25) is 14.0 Å². The van der Waals surface area contributed by atoms with Crippen LogP contribution < -0.4 is 5.56 Å². The van der Waals surface area contributed by atoms with Gasteiger partial charge < -0.3 is 13.9 Å². The lowest BCUT2D eigenvalue weighted by Crippen LogP contribution is -2.35. The maximum atomic E-state index is 12.9. The van der Waals surface area contributed by atoms with Gasteiger partial charge in [-0.15, -0.1) is 0 Å². The van der Waals surface area contributed by atoms with Gasteiger partial charge in [0.05, 0.1) is 5.69 Å². The van der Waals surface area contributed by atoms with E-state index in [4.69, 9.17) is 4.42 Å². The smallest absolute Gasteiger partial charge is 0.294 e. The Hall–Kier alpha value is -2.83. The summed E-state index contributed by atoms with van der Waals surface area (Å²) in [7, 11) is 1.71. The summed E-state index contributed by atoms with van der Waals surface area (Å²) in [5.41, 5.74) is 1.93. The Labute approximate surface area is 157 Å². The third-order valence-corrected chi connectivity index (χ3v) is 5.50. The minimum Gasteiger partial charge on any atom is -0.466 e. The number of aryl methyl sites for hydroxylation is 2. The Morgan fingerprint density at radius 2 is 2.11 bits per heavy atom. The highest BCUT2D eigenvalue weighted by Crippen LogP contribution is 2.26. The third kappa shape index (κ3) is 2.78. The van der Waals surface area contributed by atoms with Gasteiger partial charge in [0, 0.05) is 37.6 Å². The number of rotatable bonds is 3. The van der Waals surface area contributed by atoms with Crippen LogP contribution in [0.5, 0.6) is 0 Å². The van der Waals surface area contributed by atoms with Gasteiger partial charge in [-0.25, -0.2) is 4.98 Å². The average molecular weight is 368 g/mol. The zero-order valence-corrected chi connectivity index (χ0v) is 16.2. The van der Waals surface area contributed by atoms with E-state index in [9.17, 15) is 9.59 Å². The Bertz CT molecular complexity index is 1090. The zero-order valence-electron chi connectivity index (χ0n) is 16.2. The summed E-state index contributed by atoms with van der Waals surface area (Å²) in [4.78, 5) is 32.0. The molecular weight excluding hydrogens is 344 g/mol. The molecule has 7 nitrogen and oxygen atoms in total. The molecule has 0 saturated carbocycles. The fourth-order valence-corrected chi connectivity index (χ4v) is 4.04. The number of nitrogens with zero attached hydrogens (tertiary/aromatic N) is 4. The van der Waals surface area contributed by atoms with E-state index in [0.29, 0.717) is 5.69 Å². The van der Waals surface area contributed by atoms with E-state index in [0.717, 1.165) is 48.6 Å². The predicted molar refractivity (Wildman–Crippen MR) is 102 cm³/mol. The molecule has 7 heteroatoms. The van der Waals surface area contributed by atoms with Gasteiger partial charge in [0.2, 0.25) is 5.65 Å². The summed E-state index contributed by atoms with van der Waals surface area (Å²) >= 11 is 0. The highest BCUT2D eigenvalue weighted by Gasteiger charge is 2.29. The number of carbonyl (C=O) groups is 1. The molecule has 3 aromatic heterocycles.